The first-order valence-corrected chi connectivity index (χ1v) is 25.2. The molecule has 0 N–H and O–H groups in total. The van der Waals surface area contributed by atoms with E-state index >= 15 is 0 Å². The second kappa shape index (κ2) is 15.7. The number of hydrogen-bond donors (Lipinski definition) is 0. The highest BCUT2D eigenvalue weighted by Crippen LogP contribution is 2.43. The van der Waals surface area contributed by atoms with Crippen LogP contribution < -0.4 is 0 Å². The quantitative estimate of drug-likeness (QED) is 0.167. The van der Waals surface area contributed by atoms with Crippen LogP contribution in [0.2, 0.25) is 0 Å². The van der Waals surface area contributed by atoms with Crippen LogP contribution in [0.1, 0.15) is 0 Å². The Hall–Kier alpha value is -10.0. The van der Waals surface area contributed by atoms with Gasteiger partial charge in [-0.05, 0) is 84.9 Å². The molecule has 0 bridgehead atoms. The second-order valence-electron chi connectivity index (χ2n) is 19.3. The summed E-state index contributed by atoms with van der Waals surface area (Å²) in [6.07, 6.45) is 0. The SMILES string of the molecule is c1ccc(-c2nc3c(-n4c5ccccc5c5cc(-n6c7ccccc7c7ccccc76)ccc54)ccc(-n4c5ccccc5c5cc(-n6c7ccccc7c7ccccc76)ccc54)c3nc2-c2ccccc2)cc1. The lowest BCUT2D eigenvalue weighted by Crippen LogP contribution is -2.05. The highest BCUT2D eigenvalue weighted by atomic mass is 15.1. The van der Waals surface area contributed by atoms with E-state index in [0.29, 0.717) is 0 Å². The molecule has 11 aromatic carbocycles. The number of fused-ring (bicyclic) bond motifs is 13. The van der Waals surface area contributed by atoms with E-state index in [1.807, 2.05) is 0 Å². The van der Waals surface area contributed by atoms with Crippen molar-refractivity contribution < 1.29 is 0 Å². The minimum atomic E-state index is 0.808. The molecule has 0 aliphatic carbocycles. The van der Waals surface area contributed by atoms with Crippen LogP contribution in [0, 0.1) is 0 Å². The zero-order valence-electron chi connectivity index (χ0n) is 39.9. The van der Waals surface area contributed by atoms with Crippen LogP contribution >= 0.6 is 0 Å². The fraction of sp³-hybridized carbons (Fsp3) is 0. The van der Waals surface area contributed by atoms with Gasteiger partial charge in [0, 0.05) is 65.6 Å². The Morgan fingerprint density at radius 3 is 0.824 bits per heavy atom. The van der Waals surface area contributed by atoms with Gasteiger partial charge in [-0.15, -0.1) is 0 Å². The van der Waals surface area contributed by atoms with Gasteiger partial charge in [-0.2, -0.15) is 0 Å². The van der Waals surface area contributed by atoms with E-state index in [1.165, 1.54) is 54.4 Å². The molecule has 0 amide bonds. The normalized spacial score (nSPS) is 12.1. The van der Waals surface area contributed by atoms with Crippen molar-refractivity contribution in [1.82, 2.24) is 28.2 Å². The van der Waals surface area contributed by atoms with E-state index in [4.69, 9.17) is 9.97 Å². The topological polar surface area (TPSA) is 45.5 Å². The molecule has 0 radical (unpaired) electrons. The maximum absolute atomic E-state index is 5.85. The van der Waals surface area contributed by atoms with E-state index in [-0.39, 0.29) is 0 Å². The van der Waals surface area contributed by atoms with Crippen molar-refractivity contribution in [2.75, 3.05) is 0 Å². The lowest BCUT2D eigenvalue weighted by atomic mass is 10.0. The smallest absolute Gasteiger partial charge is 0.116 e. The Morgan fingerprint density at radius 1 is 0.216 bits per heavy atom. The largest absolute Gasteiger partial charge is 0.309 e. The Bertz CT molecular complexity index is 4540. The summed E-state index contributed by atoms with van der Waals surface area (Å²) >= 11 is 0. The molecule has 0 spiro atoms. The van der Waals surface area contributed by atoms with Crippen LogP contribution in [0.15, 0.2) is 255 Å². The Morgan fingerprint density at radius 2 is 0.486 bits per heavy atom. The number of para-hydroxylation sites is 6. The Balaban J connectivity index is 0.985. The summed E-state index contributed by atoms with van der Waals surface area (Å²) in [6, 6.07) is 91.8. The molecule has 0 saturated heterocycles. The zero-order chi connectivity index (χ0) is 48.4. The van der Waals surface area contributed by atoms with Gasteiger partial charge in [0.25, 0.3) is 0 Å². The first kappa shape index (κ1) is 40.7. The number of nitrogens with zero attached hydrogens (tertiary/aromatic N) is 6. The van der Waals surface area contributed by atoms with Gasteiger partial charge in [0.15, 0.2) is 0 Å². The number of hydrogen-bond acceptors (Lipinski definition) is 2. The average molecular weight is 943 g/mol. The maximum atomic E-state index is 5.85. The summed E-state index contributed by atoms with van der Waals surface area (Å²) in [5.41, 5.74) is 18.5. The molecule has 0 aliphatic rings. The molecule has 5 heterocycles. The zero-order valence-corrected chi connectivity index (χ0v) is 39.9. The summed E-state index contributed by atoms with van der Waals surface area (Å²) in [5, 5.41) is 9.63. The standard InChI is InChI=1S/C68H42N6/c1-3-19-43(20-4-1)65-66(44-21-5-2-6-22-44)70-68-64(74-60-34-18-12-28-52(60)54-42-46(36-38-62(54)74)72-57-31-15-9-25-49(57)50-26-10-16-32-58(50)72)40-39-63(67(68)69-65)73-59-33-17-11-27-51(59)53-41-45(35-37-61(53)73)71-55-29-13-7-23-47(55)48-24-8-14-30-56(48)71/h1-42H. The minimum absolute atomic E-state index is 0.808. The van der Waals surface area contributed by atoms with E-state index in [9.17, 15) is 0 Å². The van der Waals surface area contributed by atoms with Crippen molar-refractivity contribution in [2.24, 2.45) is 0 Å². The van der Waals surface area contributed by atoms with Crippen LogP contribution in [0.4, 0.5) is 0 Å². The molecule has 0 aliphatic heterocycles. The Kier molecular flexibility index (Phi) is 8.64. The summed E-state index contributed by atoms with van der Waals surface area (Å²) in [6.45, 7) is 0. The maximum Gasteiger partial charge on any atom is 0.116 e. The third kappa shape index (κ3) is 5.82. The molecule has 16 aromatic rings. The summed E-state index contributed by atoms with van der Waals surface area (Å²) in [5.74, 6) is 0. The van der Waals surface area contributed by atoms with Gasteiger partial charge in [-0.3, -0.25) is 0 Å². The second-order valence-corrected chi connectivity index (χ2v) is 19.3. The van der Waals surface area contributed by atoms with Gasteiger partial charge < -0.3 is 18.3 Å². The molecular weight excluding hydrogens is 901 g/mol. The van der Waals surface area contributed by atoms with Gasteiger partial charge in [0.1, 0.15) is 11.0 Å². The van der Waals surface area contributed by atoms with Gasteiger partial charge in [-0.1, -0.05) is 170 Å². The van der Waals surface area contributed by atoms with Gasteiger partial charge >= 0.3 is 0 Å². The van der Waals surface area contributed by atoms with E-state index < -0.39 is 0 Å². The summed E-state index contributed by atoms with van der Waals surface area (Å²) < 4.78 is 9.62. The summed E-state index contributed by atoms with van der Waals surface area (Å²) in [4.78, 5) is 11.7. The molecule has 6 heteroatoms. The van der Waals surface area contributed by atoms with Crippen molar-refractivity contribution in [1.29, 1.82) is 0 Å². The molecule has 0 atom stereocenters. The van der Waals surface area contributed by atoms with Gasteiger partial charge in [0.05, 0.1) is 66.9 Å². The van der Waals surface area contributed by atoms with Crippen molar-refractivity contribution in [2.45, 2.75) is 0 Å². The fourth-order valence-corrected chi connectivity index (χ4v) is 12.2. The van der Waals surface area contributed by atoms with Crippen molar-refractivity contribution in [3.63, 3.8) is 0 Å². The highest BCUT2D eigenvalue weighted by Gasteiger charge is 2.25. The predicted molar refractivity (Wildman–Crippen MR) is 308 cm³/mol. The molecule has 344 valence electrons. The number of rotatable bonds is 6. The van der Waals surface area contributed by atoms with Gasteiger partial charge in [-0.25, -0.2) is 9.97 Å². The van der Waals surface area contributed by atoms with Crippen molar-refractivity contribution in [3.05, 3.63) is 255 Å². The molecular formula is C68H42N6. The molecule has 6 nitrogen and oxygen atoms in total. The van der Waals surface area contributed by atoms with Crippen LogP contribution in [0.5, 0.6) is 0 Å². The number of aromatic nitrogens is 6. The van der Waals surface area contributed by atoms with Gasteiger partial charge in [0.2, 0.25) is 0 Å². The molecule has 0 saturated carbocycles. The number of benzene rings is 11. The van der Waals surface area contributed by atoms with E-state index in [1.54, 1.807) is 0 Å². The lowest BCUT2D eigenvalue weighted by molar-refractivity contribution is 1.13. The van der Waals surface area contributed by atoms with Crippen LogP contribution in [0.3, 0.4) is 0 Å². The first-order chi connectivity index (χ1) is 36.7. The monoisotopic (exact) mass is 942 g/mol. The minimum Gasteiger partial charge on any atom is -0.309 e. The third-order valence-electron chi connectivity index (χ3n) is 15.3. The summed E-state index contributed by atoms with van der Waals surface area (Å²) in [7, 11) is 0. The molecule has 74 heavy (non-hydrogen) atoms. The molecule has 16 rings (SSSR count). The molecule has 0 fully saturated rings. The van der Waals surface area contributed by atoms with Crippen molar-refractivity contribution in [3.8, 4) is 45.3 Å². The van der Waals surface area contributed by atoms with Crippen molar-refractivity contribution >= 4 is 98.3 Å². The predicted octanol–water partition coefficient (Wildman–Crippen LogP) is 17.4. The fourth-order valence-electron chi connectivity index (χ4n) is 12.2. The van der Waals surface area contributed by atoms with E-state index in [0.717, 1.165) is 89.1 Å². The van der Waals surface area contributed by atoms with Crippen LogP contribution in [0.25, 0.3) is 144 Å². The lowest BCUT2D eigenvalue weighted by Gasteiger charge is -2.18. The molecule has 0 unspecified atom stereocenters. The van der Waals surface area contributed by atoms with Crippen LogP contribution in [-0.4, -0.2) is 28.2 Å². The molecule has 5 aromatic heterocycles. The van der Waals surface area contributed by atoms with E-state index in [2.05, 4.69) is 273 Å². The Labute approximate surface area is 424 Å². The average Bonchev–Trinajstić information content (AvgIpc) is 4.24. The highest BCUT2D eigenvalue weighted by molar-refractivity contribution is 6.15. The first-order valence-electron chi connectivity index (χ1n) is 25.2. The van der Waals surface area contributed by atoms with Crippen LogP contribution in [-0.2, 0) is 0 Å². The third-order valence-corrected chi connectivity index (χ3v) is 15.3.